The summed E-state index contributed by atoms with van der Waals surface area (Å²) in [6.07, 6.45) is -6.55. The molecule has 0 aliphatic carbocycles. The number of aliphatic hydroxyl groups is 1. The van der Waals surface area contributed by atoms with Crippen LogP contribution in [0.5, 0.6) is 5.75 Å². The van der Waals surface area contributed by atoms with Crippen LogP contribution in [0.4, 0.5) is 32.0 Å². The first-order chi connectivity index (χ1) is 18.7. The number of hydrogen-bond acceptors (Lipinski definition) is 6. The Bertz CT molecular complexity index is 1360. The summed E-state index contributed by atoms with van der Waals surface area (Å²) in [4.78, 5) is 8.68. The van der Waals surface area contributed by atoms with Crippen LogP contribution in [-0.2, 0) is 6.42 Å². The summed E-state index contributed by atoms with van der Waals surface area (Å²) < 4.78 is 87.9. The Morgan fingerprint density at radius 3 is 2.38 bits per heavy atom. The van der Waals surface area contributed by atoms with Crippen LogP contribution in [-0.4, -0.2) is 89.6 Å². The maximum Gasteiger partial charge on any atom is 0.406 e. The third kappa shape index (κ3) is 4.99. The molecule has 0 spiro atoms. The fraction of sp³-hybridized carbons (Fsp3) is 0.519. The molecule has 0 amide bonds. The van der Waals surface area contributed by atoms with Crippen LogP contribution >= 0.6 is 0 Å². The van der Waals surface area contributed by atoms with Crippen molar-refractivity contribution in [1.29, 1.82) is 0 Å². The average molecular weight is 572 g/mol. The number of rotatable bonds is 5. The molecule has 0 radical (unpaired) electrons. The predicted octanol–water partition coefficient (Wildman–Crippen LogP) is 4.88. The van der Waals surface area contributed by atoms with E-state index in [2.05, 4.69) is 4.98 Å². The van der Waals surface area contributed by atoms with Crippen LogP contribution in [0.15, 0.2) is 36.7 Å². The van der Waals surface area contributed by atoms with Gasteiger partial charge in [-0.15, -0.1) is 0 Å². The molecule has 1 fully saturated rings. The minimum atomic E-state index is -4.44. The van der Waals surface area contributed by atoms with Gasteiger partial charge in [0, 0.05) is 48.7 Å². The molecular weight excluding hydrogens is 540 g/mol. The molecule has 3 aromatic rings. The quantitative estimate of drug-likeness (QED) is 0.441. The van der Waals surface area contributed by atoms with Gasteiger partial charge < -0.3 is 14.7 Å². The lowest BCUT2D eigenvalue weighted by Gasteiger charge is -2.47. The van der Waals surface area contributed by atoms with Crippen molar-refractivity contribution < 1.29 is 36.2 Å². The Kier molecular flexibility index (Phi) is 7.20. The number of aliphatic hydroxyl groups excluding tert-OH is 1. The summed E-state index contributed by atoms with van der Waals surface area (Å²) in [6.45, 7) is -0.693. The van der Waals surface area contributed by atoms with Gasteiger partial charge >= 0.3 is 12.4 Å². The van der Waals surface area contributed by atoms with Crippen LogP contribution in [0.3, 0.4) is 0 Å². The molecule has 1 saturated heterocycles. The van der Waals surface area contributed by atoms with E-state index in [9.17, 15) is 31.4 Å². The number of fused-ring (bicyclic) bond motifs is 2. The average Bonchev–Trinajstić information content (AvgIpc) is 3.31. The zero-order valence-electron chi connectivity index (χ0n) is 22.4. The summed E-state index contributed by atoms with van der Waals surface area (Å²) in [6, 6.07) is 7.15. The summed E-state index contributed by atoms with van der Waals surface area (Å²) in [7, 11) is 4.34. The lowest BCUT2D eigenvalue weighted by Crippen LogP contribution is -2.61. The normalized spacial score (nSPS) is 20.3. The molecule has 5 rings (SSSR count). The van der Waals surface area contributed by atoms with Gasteiger partial charge in [-0.05, 0) is 57.1 Å². The highest BCUT2D eigenvalue weighted by Crippen LogP contribution is 2.43. The van der Waals surface area contributed by atoms with Gasteiger partial charge in [-0.25, -0.2) is 4.98 Å². The highest BCUT2D eigenvalue weighted by molar-refractivity contribution is 5.70. The zero-order chi connectivity index (χ0) is 29.0. The number of pyridine rings is 1. The molecule has 4 heterocycles. The van der Waals surface area contributed by atoms with Crippen LogP contribution in [0.2, 0.25) is 0 Å². The Balaban J connectivity index is 1.41. The lowest BCUT2D eigenvalue weighted by atomic mass is 9.85. The highest BCUT2D eigenvalue weighted by Gasteiger charge is 2.57. The number of anilines is 1. The van der Waals surface area contributed by atoms with Crippen molar-refractivity contribution in [3.8, 4) is 17.0 Å². The van der Waals surface area contributed by atoms with Gasteiger partial charge in [-0.3, -0.25) is 14.2 Å². The standard InChI is InChI=1S/C27H31F6N5O2/c1-35(2)25(27(31,32)33)6-10-36(11-7-25)19-5-9-38-20(15-34-22(38)14-19)18-12-17-4-8-37(16-26(28,29)30)24(39)23(17)21(13-18)40-3/h5,9,12-15,24,39H,4,6-8,10-11,16H2,1-3H3. The Morgan fingerprint density at radius 1 is 1.07 bits per heavy atom. The number of aromatic nitrogens is 2. The van der Waals surface area contributed by atoms with E-state index in [0.29, 0.717) is 34.5 Å². The van der Waals surface area contributed by atoms with Gasteiger partial charge in [0.1, 0.15) is 23.2 Å². The minimum absolute atomic E-state index is 0.0378. The third-order valence-corrected chi connectivity index (χ3v) is 8.23. The van der Waals surface area contributed by atoms with Crippen molar-refractivity contribution in [2.45, 2.75) is 43.4 Å². The molecule has 1 atom stereocenters. The second kappa shape index (κ2) is 10.1. The zero-order valence-corrected chi connectivity index (χ0v) is 22.4. The first-order valence-electron chi connectivity index (χ1n) is 12.9. The van der Waals surface area contributed by atoms with Crippen molar-refractivity contribution in [2.24, 2.45) is 0 Å². The van der Waals surface area contributed by atoms with Gasteiger partial charge in [-0.1, -0.05) is 0 Å². The number of hydrogen-bond donors (Lipinski definition) is 1. The maximum absolute atomic E-state index is 13.9. The molecule has 1 unspecified atom stereocenters. The number of halogens is 6. The number of piperidine rings is 1. The van der Waals surface area contributed by atoms with Crippen LogP contribution < -0.4 is 9.64 Å². The van der Waals surface area contributed by atoms with Crippen molar-refractivity contribution in [3.63, 3.8) is 0 Å². The SMILES string of the molecule is COc1cc(-c2cnc3cc(N4CCC(N(C)C)(C(F)(F)F)CC4)ccn23)cc2c1C(O)N(CC(F)(F)F)CC2. The monoisotopic (exact) mass is 571 g/mol. The molecule has 0 bridgehead atoms. The number of methoxy groups -OCH3 is 1. The highest BCUT2D eigenvalue weighted by atomic mass is 19.4. The summed E-state index contributed by atoms with van der Waals surface area (Å²) in [5.74, 6) is 0.279. The largest absolute Gasteiger partial charge is 0.496 e. The van der Waals surface area contributed by atoms with Gasteiger partial charge in [0.05, 0.1) is 25.5 Å². The summed E-state index contributed by atoms with van der Waals surface area (Å²) in [5, 5.41) is 10.7. The van der Waals surface area contributed by atoms with E-state index >= 15 is 0 Å². The fourth-order valence-electron chi connectivity index (χ4n) is 5.96. The van der Waals surface area contributed by atoms with E-state index in [0.717, 1.165) is 10.6 Å². The first-order valence-corrected chi connectivity index (χ1v) is 12.9. The van der Waals surface area contributed by atoms with E-state index in [-0.39, 0.29) is 38.2 Å². The number of nitrogens with zero attached hydrogens (tertiary/aromatic N) is 5. The topological polar surface area (TPSA) is 56.5 Å². The number of alkyl halides is 6. The number of ether oxygens (including phenoxy) is 1. The molecule has 0 saturated carbocycles. The molecule has 2 aliphatic heterocycles. The van der Waals surface area contributed by atoms with Gasteiger partial charge in [0.25, 0.3) is 0 Å². The summed E-state index contributed by atoms with van der Waals surface area (Å²) >= 11 is 0. The molecule has 7 nitrogen and oxygen atoms in total. The maximum atomic E-state index is 13.9. The van der Waals surface area contributed by atoms with Crippen molar-refractivity contribution in [2.75, 3.05) is 52.3 Å². The van der Waals surface area contributed by atoms with Crippen LogP contribution in [0, 0.1) is 0 Å². The second-order valence-electron chi connectivity index (χ2n) is 10.6. The van der Waals surface area contributed by atoms with Gasteiger partial charge in [0.2, 0.25) is 0 Å². The van der Waals surface area contributed by atoms with Crippen LogP contribution in [0.25, 0.3) is 16.9 Å². The molecule has 1 N–H and O–H groups in total. The third-order valence-electron chi connectivity index (χ3n) is 8.23. The molecular formula is C27H31F6N5O2. The van der Waals surface area contributed by atoms with E-state index in [1.165, 1.54) is 26.1 Å². The van der Waals surface area contributed by atoms with Crippen molar-refractivity contribution in [1.82, 2.24) is 19.2 Å². The Labute approximate surface area is 227 Å². The minimum Gasteiger partial charge on any atom is -0.496 e. The Morgan fingerprint density at radius 2 is 1.77 bits per heavy atom. The van der Waals surface area contributed by atoms with Crippen LogP contribution in [0.1, 0.15) is 30.2 Å². The first kappa shape index (κ1) is 28.5. The fourth-order valence-corrected chi connectivity index (χ4v) is 5.96. The summed E-state index contributed by atoms with van der Waals surface area (Å²) in [5.41, 5.74) is 1.95. The lowest BCUT2D eigenvalue weighted by molar-refractivity contribution is -0.231. The van der Waals surface area contributed by atoms with Crippen molar-refractivity contribution >= 4 is 11.3 Å². The van der Waals surface area contributed by atoms with Crippen molar-refractivity contribution in [3.05, 3.63) is 47.8 Å². The molecule has 13 heteroatoms. The molecule has 2 aromatic heterocycles. The molecule has 218 valence electrons. The van der Waals surface area contributed by atoms with E-state index < -0.39 is 30.7 Å². The predicted molar refractivity (Wildman–Crippen MR) is 137 cm³/mol. The smallest absolute Gasteiger partial charge is 0.406 e. The molecule has 2 aliphatic rings. The molecule has 40 heavy (non-hydrogen) atoms. The van der Waals surface area contributed by atoms with E-state index in [4.69, 9.17) is 4.74 Å². The molecule has 1 aromatic carbocycles. The van der Waals surface area contributed by atoms with Gasteiger partial charge in [-0.2, -0.15) is 26.3 Å². The van der Waals surface area contributed by atoms with Gasteiger partial charge in [0.15, 0.2) is 0 Å². The van der Waals surface area contributed by atoms with E-state index in [1.54, 1.807) is 18.5 Å². The number of imidazole rings is 1. The number of benzene rings is 1. The van der Waals surface area contributed by atoms with E-state index in [1.807, 2.05) is 27.5 Å². The second-order valence-corrected chi connectivity index (χ2v) is 10.6. The Hall–Kier alpha value is -3.03.